The zero-order valence-corrected chi connectivity index (χ0v) is 26.4. The van der Waals surface area contributed by atoms with Gasteiger partial charge >= 0.3 is 0 Å². The van der Waals surface area contributed by atoms with Crippen LogP contribution in [0.2, 0.25) is 0 Å². The number of piperidine rings is 1. The van der Waals surface area contributed by atoms with Crippen molar-refractivity contribution < 1.29 is 9.18 Å². The molecule has 4 nitrogen and oxygen atoms in total. The number of nitrogens with two attached hydrogens (primary N) is 1. The van der Waals surface area contributed by atoms with E-state index >= 15 is 0 Å². The molecule has 5 heteroatoms. The lowest BCUT2D eigenvalue weighted by Crippen LogP contribution is -2.41. The maximum Gasteiger partial charge on any atom is 0.236 e. The molecule has 2 fully saturated rings. The lowest BCUT2D eigenvalue weighted by Gasteiger charge is -2.33. The van der Waals surface area contributed by atoms with Crippen LogP contribution in [0.15, 0.2) is 42.5 Å². The van der Waals surface area contributed by atoms with E-state index in [1.807, 2.05) is 52.5 Å². The first-order valence-corrected chi connectivity index (χ1v) is 15.5. The largest absolute Gasteiger partial charge is 0.342 e. The van der Waals surface area contributed by atoms with E-state index < -0.39 is 0 Å². The predicted molar refractivity (Wildman–Crippen MR) is 168 cm³/mol. The molecule has 0 atom stereocenters. The number of amides is 1. The van der Waals surface area contributed by atoms with E-state index in [1.165, 1.54) is 42.6 Å². The molecule has 4 rings (SSSR count). The summed E-state index contributed by atoms with van der Waals surface area (Å²) < 4.78 is 13.8. The highest BCUT2D eigenvalue weighted by molar-refractivity contribution is 5.78. The second-order valence-electron chi connectivity index (χ2n) is 9.51. The number of rotatable bonds is 6. The summed E-state index contributed by atoms with van der Waals surface area (Å²) in [4.78, 5) is 16.1. The second kappa shape index (κ2) is 22.6. The van der Waals surface area contributed by atoms with E-state index in [0.717, 1.165) is 50.9 Å². The molecule has 0 unspecified atom stereocenters. The maximum atomic E-state index is 13.8. The molecule has 2 heterocycles. The molecule has 0 aliphatic carbocycles. The van der Waals surface area contributed by atoms with E-state index in [-0.39, 0.29) is 18.3 Å². The number of nitrogens with zero attached hydrogens (tertiary/aromatic N) is 2. The molecular formula is C34H58FN3O. The summed E-state index contributed by atoms with van der Waals surface area (Å²) in [6.07, 6.45) is 6.52. The average molecular weight is 544 g/mol. The molecule has 2 aromatic rings. The van der Waals surface area contributed by atoms with E-state index in [2.05, 4.69) is 43.0 Å². The Morgan fingerprint density at radius 3 is 1.85 bits per heavy atom. The van der Waals surface area contributed by atoms with Crippen molar-refractivity contribution in [2.24, 2.45) is 5.73 Å². The van der Waals surface area contributed by atoms with Crippen molar-refractivity contribution in [3.05, 3.63) is 70.5 Å². The van der Waals surface area contributed by atoms with Crippen molar-refractivity contribution in [2.75, 3.05) is 39.3 Å². The maximum absolute atomic E-state index is 13.8. The van der Waals surface area contributed by atoms with Gasteiger partial charge in [0.25, 0.3) is 0 Å². The molecule has 39 heavy (non-hydrogen) atoms. The first kappa shape index (κ1) is 36.8. The fourth-order valence-corrected chi connectivity index (χ4v) is 4.89. The lowest BCUT2D eigenvalue weighted by atomic mass is 9.85. The first-order chi connectivity index (χ1) is 19.0. The summed E-state index contributed by atoms with van der Waals surface area (Å²) in [5.41, 5.74) is 10.6. The normalized spacial score (nSPS) is 14.9. The summed E-state index contributed by atoms with van der Waals surface area (Å²) in [7, 11) is 0. The van der Waals surface area contributed by atoms with Crippen LogP contribution in [0, 0.1) is 19.7 Å². The summed E-state index contributed by atoms with van der Waals surface area (Å²) in [6.45, 7) is 21.3. The Morgan fingerprint density at radius 2 is 1.36 bits per heavy atom. The highest BCUT2D eigenvalue weighted by Crippen LogP contribution is 2.31. The molecule has 0 aromatic heterocycles. The van der Waals surface area contributed by atoms with Gasteiger partial charge in [-0.05, 0) is 101 Å². The van der Waals surface area contributed by atoms with Crippen LogP contribution in [0.1, 0.15) is 102 Å². The van der Waals surface area contributed by atoms with Gasteiger partial charge in [-0.2, -0.15) is 0 Å². The molecule has 2 N–H and O–H groups in total. The van der Waals surface area contributed by atoms with Crippen molar-refractivity contribution >= 4 is 5.91 Å². The van der Waals surface area contributed by atoms with Gasteiger partial charge < -0.3 is 15.5 Å². The number of hydrogen-bond acceptors (Lipinski definition) is 3. The predicted octanol–water partition coefficient (Wildman–Crippen LogP) is 7.90. The Kier molecular flexibility index (Phi) is 21.3. The highest BCUT2D eigenvalue weighted by Gasteiger charge is 2.24. The van der Waals surface area contributed by atoms with Crippen LogP contribution in [-0.4, -0.2) is 55.0 Å². The smallest absolute Gasteiger partial charge is 0.236 e. The zero-order valence-electron chi connectivity index (χ0n) is 26.4. The molecule has 0 saturated carbocycles. The number of carbonyl (C=O) groups excluding carboxylic acids is 1. The van der Waals surface area contributed by atoms with Gasteiger partial charge in [0, 0.05) is 13.1 Å². The third-order valence-corrected chi connectivity index (χ3v) is 6.90. The van der Waals surface area contributed by atoms with Crippen LogP contribution in [-0.2, 0) is 11.2 Å². The molecule has 0 radical (unpaired) electrons. The molecule has 222 valence electrons. The Balaban J connectivity index is 0.000000862. The van der Waals surface area contributed by atoms with Gasteiger partial charge in [0.1, 0.15) is 5.82 Å². The van der Waals surface area contributed by atoms with Crippen LogP contribution in [0.3, 0.4) is 0 Å². The van der Waals surface area contributed by atoms with Gasteiger partial charge in [-0.15, -0.1) is 0 Å². The Hall–Kier alpha value is -2.24. The number of hydrogen-bond donors (Lipinski definition) is 1. The average Bonchev–Trinajstić information content (AvgIpc) is 3.52. The van der Waals surface area contributed by atoms with Gasteiger partial charge in [-0.25, -0.2) is 4.39 Å². The molecule has 0 bridgehead atoms. The Labute approximate surface area is 240 Å². The van der Waals surface area contributed by atoms with Crippen molar-refractivity contribution in [3.8, 4) is 0 Å². The monoisotopic (exact) mass is 543 g/mol. The van der Waals surface area contributed by atoms with Crippen molar-refractivity contribution in [1.82, 2.24) is 9.80 Å². The molecule has 2 saturated heterocycles. The lowest BCUT2D eigenvalue weighted by molar-refractivity contribution is -0.130. The van der Waals surface area contributed by atoms with Crippen molar-refractivity contribution in [1.29, 1.82) is 0 Å². The zero-order chi connectivity index (χ0) is 29.6. The SMILES string of the molecule is CC.CC.CC.Cc1ccc(C)cc1.NCC(=O)N1CCC(c2ccc(F)cc2CCCN2CCCC2)CC1. The van der Waals surface area contributed by atoms with Crippen LogP contribution in [0.5, 0.6) is 0 Å². The molecule has 2 aliphatic rings. The molecule has 1 amide bonds. The van der Waals surface area contributed by atoms with Gasteiger partial charge in [0.05, 0.1) is 6.54 Å². The molecular weight excluding hydrogens is 485 g/mol. The van der Waals surface area contributed by atoms with Gasteiger partial charge in [-0.3, -0.25) is 4.79 Å². The third kappa shape index (κ3) is 14.1. The minimum Gasteiger partial charge on any atom is -0.342 e. The van der Waals surface area contributed by atoms with Crippen molar-refractivity contribution in [3.63, 3.8) is 0 Å². The Bertz CT molecular complexity index is 850. The highest BCUT2D eigenvalue weighted by atomic mass is 19.1. The number of halogens is 1. The minimum atomic E-state index is -0.143. The molecule has 2 aromatic carbocycles. The van der Waals surface area contributed by atoms with Crippen LogP contribution in [0.4, 0.5) is 4.39 Å². The molecule has 2 aliphatic heterocycles. The van der Waals surface area contributed by atoms with Crippen molar-refractivity contribution in [2.45, 2.75) is 99.8 Å². The topological polar surface area (TPSA) is 49.6 Å². The summed E-state index contributed by atoms with van der Waals surface area (Å²) >= 11 is 0. The number of likely N-dealkylation sites (tertiary alicyclic amines) is 2. The quantitative estimate of drug-likeness (QED) is 0.403. The van der Waals surface area contributed by atoms with Crippen LogP contribution in [0.25, 0.3) is 0 Å². The van der Waals surface area contributed by atoms with Gasteiger partial charge in [-0.1, -0.05) is 83.0 Å². The van der Waals surface area contributed by atoms with E-state index in [9.17, 15) is 9.18 Å². The Morgan fingerprint density at radius 1 is 0.846 bits per heavy atom. The van der Waals surface area contributed by atoms with Gasteiger partial charge in [0.15, 0.2) is 0 Å². The minimum absolute atomic E-state index is 0.0309. The fourth-order valence-electron chi connectivity index (χ4n) is 4.89. The number of carbonyl (C=O) groups is 1. The fraction of sp³-hybridized carbons (Fsp3) is 0.618. The first-order valence-electron chi connectivity index (χ1n) is 15.5. The summed E-state index contributed by atoms with van der Waals surface area (Å²) in [5, 5.41) is 0. The summed E-state index contributed by atoms with van der Waals surface area (Å²) in [6, 6.07) is 13.7. The molecule has 0 spiro atoms. The number of aryl methyl sites for hydroxylation is 3. The van der Waals surface area contributed by atoms with E-state index in [1.54, 1.807) is 12.1 Å². The second-order valence-corrected chi connectivity index (χ2v) is 9.51. The third-order valence-electron chi connectivity index (χ3n) is 6.90. The van der Waals surface area contributed by atoms with E-state index in [4.69, 9.17) is 5.73 Å². The summed E-state index contributed by atoms with van der Waals surface area (Å²) in [5.74, 6) is 0.309. The number of benzene rings is 2. The van der Waals surface area contributed by atoms with Crippen LogP contribution >= 0.6 is 0 Å². The van der Waals surface area contributed by atoms with Crippen LogP contribution < -0.4 is 5.73 Å². The van der Waals surface area contributed by atoms with E-state index in [0.29, 0.717) is 5.92 Å². The van der Waals surface area contributed by atoms with Gasteiger partial charge in [0.2, 0.25) is 5.91 Å². The standard InChI is InChI=1S/C20H30FN3O.C8H10.3C2H6/c21-18-5-6-19(16-7-12-24(13-8-16)20(25)15-22)17(14-18)4-3-11-23-9-1-2-10-23;1-7-3-5-8(2)6-4-7;3*1-2/h5-6,14,16H,1-4,7-13,15,22H2;3-6H,1-2H3;3*1-2H3.